The normalized spacial score (nSPS) is 12.2. The number of aliphatic carboxylic acids is 1. The minimum Gasteiger partial charge on any atom is -0.480 e. The van der Waals surface area contributed by atoms with E-state index in [0.29, 0.717) is 11.4 Å². The van der Waals surface area contributed by atoms with Crippen molar-refractivity contribution in [2.75, 3.05) is 6.54 Å². The zero-order valence-corrected chi connectivity index (χ0v) is 15.6. The van der Waals surface area contributed by atoms with Crippen LogP contribution in [0.4, 0.5) is 0 Å². The van der Waals surface area contributed by atoms with Crippen molar-refractivity contribution in [3.63, 3.8) is 0 Å². The molecule has 0 unspecified atom stereocenters. The Morgan fingerprint density at radius 1 is 1.23 bits per heavy atom. The fourth-order valence-corrected chi connectivity index (χ4v) is 3.15. The van der Waals surface area contributed by atoms with Crippen LogP contribution in [0, 0.1) is 5.92 Å². The molecule has 0 radical (unpaired) electrons. The highest BCUT2D eigenvalue weighted by Crippen LogP contribution is 2.29. The third-order valence-corrected chi connectivity index (χ3v) is 4.39. The summed E-state index contributed by atoms with van der Waals surface area (Å²) in [5, 5.41) is 15.1. The van der Waals surface area contributed by atoms with Gasteiger partial charge in [-0.1, -0.05) is 43.6 Å². The number of hydrogen-bond acceptors (Lipinski definition) is 3. The van der Waals surface area contributed by atoms with Crippen LogP contribution >= 0.6 is 11.6 Å². The standard InChI is InChI=1S/C18H22ClN3O4/c1-10(2)8-12(18(25)26)21-14(23)9-20-17(24)16-15(19)11-6-4-5-7-13(11)22(16)3/h4-7,10,12H,8-9H2,1-3H3,(H,20,24)(H,21,23)(H,25,26)/t12-/m0/s1. The van der Waals surface area contributed by atoms with Crippen LogP contribution in [0.5, 0.6) is 0 Å². The van der Waals surface area contributed by atoms with Gasteiger partial charge in [0.25, 0.3) is 5.91 Å². The van der Waals surface area contributed by atoms with E-state index in [0.717, 1.165) is 10.9 Å². The average Bonchev–Trinajstić information content (AvgIpc) is 2.83. The molecule has 140 valence electrons. The fraction of sp³-hybridized carbons (Fsp3) is 0.389. The summed E-state index contributed by atoms with van der Waals surface area (Å²) in [6, 6.07) is 6.33. The first-order valence-electron chi connectivity index (χ1n) is 8.25. The Morgan fingerprint density at radius 2 is 1.88 bits per heavy atom. The van der Waals surface area contributed by atoms with E-state index in [1.54, 1.807) is 11.6 Å². The van der Waals surface area contributed by atoms with Gasteiger partial charge in [0.2, 0.25) is 5.91 Å². The highest BCUT2D eigenvalue weighted by Gasteiger charge is 2.23. The highest BCUT2D eigenvalue weighted by atomic mass is 35.5. The van der Waals surface area contributed by atoms with E-state index >= 15 is 0 Å². The Balaban J connectivity index is 2.05. The molecule has 8 heteroatoms. The first-order valence-corrected chi connectivity index (χ1v) is 8.63. The van der Waals surface area contributed by atoms with Gasteiger partial charge < -0.3 is 20.3 Å². The van der Waals surface area contributed by atoms with E-state index in [1.807, 2.05) is 38.1 Å². The average molecular weight is 380 g/mol. The van der Waals surface area contributed by atoms with Crippen LogP contribution < -0.4 is 10.6 Å². The molecule has 0 bridgehead atoms. The number of para-hydroxylation sites is 1. The van der Waals surface area contributed by atoms with E-state index in [9.17, 15) is 14.4 Å². The molecule has 3 N–H and O–H groups in total. The number of hydrogen-bond donors (Lipinski definition) is 3. The molecule has 2 aromatic rings. The van der Waals surface area contributed by atoms with Crippen molar-refractivity contribution in [3.05, 3.63) is 35.0 Å². The zero-order chi connectivity index (χ0) is 19.4. The lowest BCUT2D eigenvalue weighted by Gasteiger charge is -2.16. The van der Waals surface area contributed by atoms with Crippen LogP contribution in [0.3, 0.4) is 0 Å². The van der Waals surface area contributed by atoms with E-state index in [1.165, 1.54) is 0 Å². The molecule has 0 saturated heterocycles. The molecular formula is C18H22ClN3O4. The van der Waals surface area contributed by atoms with Gasteiger partial charge in [0, 0.05) is 18.0 Å². The Bertz CT molecular complexity index is 805. The number of nitrogens with one attached hydrogen (secondary N) is 2. The number of fused-ring (bicyclic) bond motifs is 1. The number of benzene rings is 1. The summed E-state index contributed by atoms with van der Waals surface area (Å²) in [4.78, 5) is 35.6. The molecule has 0 aliphatic heterocycles. The lowest BCUT2D eigenvalue weighted by atomic mass is 10.0. The largest absolute Gasteiger partial charge is 0.480 e. The molecule has 0 spiro atoms. The second-order valence-electron chi connectivity index (χ2n) is 6.51. The van der Waals surface area contributed by atoms with Crippen LogP contribution in [0.15, 0.2) is 24.3 Å². The number of aryl methyl sites for hydroxylation is 1. The van der Waals surface area contributed by atoms with Crippen molar-refractivity contribution >= 4 is 40.3 Å². The Hall–Kier alpha value is -2.54. The molecule has 0 aliphatic rings. The van der Waals surface area contributed by atoms with Crippen molar-refractivity contribution in [2.45, 2.75) is 26.3 Å². The second kappa shape index (κ2) is 8.23. The lowest BCUT2D eigenvalue weighted by molar-refractivity contribution is -0.142. The zero-order valence-electron chi connectivity index (χ0n) is 14.9. The Labute approximate surface area is 156 Å². The maximum atomic E-state index is 12.4. The first kappa shape index (κ1) is 19.8. The lowest BCUT2D eigenvalue weighted by Crippen LogP contribution is -2.46. The number of amides is 2. The summed E-state index contributed by atoms with van der Waals surface area (Å²) >= 11 is 6.30. The van der Waals surface area contributed by atoms with Crippen molar-refractivity contribution in [1.82, 2.24) is 15.2 Å². The summed E-state index contributed by atoms with van der Waals surface area (Å²) in [5.74, 6) is -2.06. The van der Waals surface area contributed by atoms with Gasteiger partial charge in [-0.3, -0.25) is 9.59 Å². The highest BCUT2D eigenvalue weighted by molar-refractivity contribution is 6.38. The van der Waals surface area contributed by atoms with Crippen LogP contribution in [-0.4, -0.2) is 40.0 Å². The Morgan fingerprint density at radius 3 is 2.46 bits per heavy atom. The van der Waals surface area contributed by atoms with Crippen LogP contribution in [0.2, 0.25) is 5.02 Å². The summed E-state index contributed by atoms with van der Waals surface area (Å²) in [5.41, 5.74) is 1.05. The van der Waals surface area contributed by atoms with Crippen LogP contribution in [0.1, 0.15) is 30.8 Å². The van der Waals surface area contributed by atoms with Gasteiger partial charge >= 0.3 is 5.97 Å². The number of rotatable bonds is 7. The molecule has 26 heavy (non-hydrogen) atoms. The van der Waals surface area contributed by atoms with Gasteiger partial charge in [-0.25, -0.2) is 4.79 Å². The maximum absolute atomic E-state index is 12.4. The van der Waals surface area contributed by atoms with Crippen LogP contribution in [-0.2, 0) is 16.6 Å². The SMILES string of the molecule is CC(C)C[C@H](NC(=O)CNC(=O)c1c(Cl)c2ccccc2n1C)C(=O)O. The molecule has 2 rings (SSSR count). The summed E-state index contributed by atoms with van der Waals surface area (Å²) < 4.78 is 1.66. The summed E-state index contributed by atoms with van der Waals surface area (Å²) in [7, 11) is 1.71. The third kappa shape index (κ3) is 4.35. The molecule has 1 atom stereocenters. The van der Waals surface area contributed by atoms with Crippen molar-refractivity contribution in [1.29, 1.82) is 0 Å². The van der Waals surface area contributed by atoms with E-state index in [4.69, 9.17) is 16.7 Å². The van der Waals surface area contributed by atoms with Crippen molar-refractivity contribution in [2.24, 2.45) is 13.0 Å². The topological polar surface area (TPSA) is 100 Å². The number of carbonyl (C=O) groups is 3. The van der Waals surface area contributed by atoms with Gasteiger partial charge in [-0.05, 0) is 18.4 Å². The van der Waals surface area contributed by atoms with Gasteiger partial charge in [-0.2, -0.15) is 0 Å². The van der Waals surface area contributed by atoms with E-state index in [2.05, 4.69) is 10.6 Å². The molecular weight excluding hydrogens is 358 g/mol. The molecule has 0 fully saturated rings. The van der Waals surface area contributed by atoms with Crippen molar-refractivity contribution in [3.8, 4) is 0 Å². The van der Waals surface area contributed by atoms with Gasteiger partial charge in [-0.15, -0.1) is 0 Å². The molecule has 0 aliphatic carbocycles. The number of aromatic nitrogens is 1. The predicted molar refractivity (Wildman–Crippen MR) is 99.3 cm³/mol. The van der Waals surface area contributed by atoms with Gasteiger partial charge in [0.15, 0.2) is 0 Å². The molecule has 1 aromatic carbocycles. The number of carbonyl (C=O) groups excluding carboxylic acids is 2. The molecule has 1 heterocycles. The quantitative estimate of drug-likeness (QED) is 0.686. The molecule has 0 saturated carbocycles. The second-order valence-corrected chi connectivity index (χ2v) is 6.89. The van der Waals surface area contributed by atoms with Crippen molar-refractivity contribution < 1.29 is 19.5 Å². The first-order chi connectivity index (χ1) is 12.2. The smallest absolute Gasteiger partial charge is 0.326 e. The number of carboxylic acid groups (broad SMARTS) is 1. The van der Waals surface area contributed by atoms with E-state index in [-0.39, 0.29) is 18.2 Å². The number of carboxylic acids is 1. The summed E-state index contributed by atoms with van der Waals surface area (Å²) in [6.07, 6.45) is 0.310. The third-order valence-electron chi connectivity index (χ3n) is 4.01. The van der Waals surface area contributed by atoms with Crippen LogP contribution in [0.25, 0.3) is 10.9 Å². The number of nitrogens with zero attached hydrogens (tertiary/aromatic N) is 1. The van der Waals surface area contributed by atoms with Gasteiger partial charge in [0.1, 0.15) is 11.7 Å². The summed E-state index contributed by atoms with van der Waals surface area (Å²) in [6.45, 7) is 3.40. The molecule has 7 nitrogen and oxygen atoms in total. The monoisotopic (exact) mass is 379 g/mol. The minimum absolute atomic E-state index is 0.112. The molecule has 1 aromatic heterocycles. The maximum Gasteiger partial charge on any atom is 0.326 e. The fourth-order valence-electron chi connectivity index (χ4n) is 2.78. The van der Waals surface area contributed by atoms with E-state index < -0.39 is 23.8 Å². The minimum atomic E-state index is -1.10. The Kier molecular flexibility index (Phi) is 6.26. The predicted octanol–water partition coefficient (Wildman–Crippen LogP) is 2.18. The van der Waals surface area contributed by atoms with Gasteiger partial charge in [0.05, 0.1) is 11.6 Å². The number of halogens is 1. The molecule has 2 amide bonds.